The average Bonchev–Trinajstić information content (AvgIpc) is 1.98. The molecule has 4 N–H and O–H groups in total. The second kappa shape index (κ2) is 1.94. The van der Waals surface area contributed by atoms with Crippen LogP contribution in [-0.2, 0) is 9.53 Å². The number of cyclic esters (lactones) is 1. The molecule has 0 aromatic carbocycles. The van der Waals surface area contributed by atoms with Crippen LogP contribution in [0.5, 0.6) is 0 Å². The van der Waals surface area contributed by atoms with Crippen LogP contribution in [0.25, 0.3) is 0 Å². The zero-order valence-electron chi connectivity index (χ0n) is 4.52. The van der Waals surface area contributed by atoms with Crippen LogP contribution < -0.4 is 5.73 Å². The van der Waals surface area contributed by atoms with Crippen LogP contribution in [0.4, 0.5) is 0 Å². The highest BCUT2D eigenvalue weighted by Gasteiger charge is 2.40. The molecule has 0 aliphatic carbocycles. The van der Waals surface area contributed by atoms with Crippen molar-refractivity contribution in [1.82, 2.24) is 0 Å². The molecule has 0 spiro atoms. The van der Waals surface area contributed by atoms with Crippen molar-refractivity contribution >= 4 is 5.97 Å². The number of esters is 1. The molecule has 0 bridgehead atoms. The summed E-state index contributed by atoms with van der Waals surface area (Å²) in [7, 11) is 0. The molecular formula is C4H7NO4. The number of ether oxygens (including phenoxy) is 1. The Balaban J connectivity index is 2.65. The van der Waals surface area contributed by atoms with Gasteiger partial charge in [0.2, 0.25) is 0 Å². The molecule has 1 aliphatic rings. The van der Waals surface area contributed by atoms with Crippen LogP contribution >= 0.6 is 0 Å². The molecule has 1 heterocycles. The van der Waals surface area contributed by atoms with Crippen molar-refractivity contribution in [3.8, 4) is 0 Å². The predicted octanol–water partition coefficient (Wildman–Crippen LogP) is -2.45. The van der Waals surface area contributed by atoms with Gasteiger partial charge in [-0.15, -0.1) is 0 Å². The molecule has 1 aliphatic heterocycles. The Morgan fingerprint density at radius 3 is 2.22 bits per heavy atom. The first-order chi connectivity index (χ1) is 4.13. The van der Waals surface area contributed by atoms with E-state index in [0.717, 1.165) is 0 Å². The van der Waals surface area contributed by atoms with Gasteiger partial charge in [0.05, 0.1) is 0 Å². The van der Waals surface area contributed by atoms with E-state index in [0.29, 0.717) is 0 Å². The van der Waals surface area contributed by atoms with Gasteiger partial charge in [-0.05, 0) is 0 Å². The highest BCUT2D eigenvalue weighted by Crippen LogP contribution is 2.10. The lowest BCUT2D eigenvalue weighted by atomic mass is 10.2. The summed E-state index contributed by atoms with van der Waals surface area (Å²) in [4.78, 5) is 10.3. The monoisotopic (exact) mass is 133 g/mol. The van der Waals surface area contributed by atoms with Gasteiger partial charge in [-0.2, -0.15) is 0 Å². The minimum atomic E-state index is -1.47. The van der Waals surface area contributed by atoms with Gasteiger partial charge < -0.3 is 14.9 Å². The van der Waals surface area contributed by atoms with Crippen molar-refractivity contribution in [2.24, 2.45) is 5.73 Å². The lowest BCUT2D eigenvalue weighted by Crippen LogP contribution is -2.36. The van der Waals surface area contributed by atoms with E-state index in [2.05, 4.69) is 4.74 Å². The Hall–Kier alpha value is -0.650. The summed E-state index contributed by atoms with van der Waals surface area (Å²) < 4.78 is 4.22. The maximum Gasteiger partial charge on any atom is 0.339 e. The molecule has 9 heavy (non-hydrogen) atoms. The van der Waals surface area contributed by atoms with E-state index in [9.17, 15) is 4.79 Å². The van der Waals surface area contributed by atoms with Crippen molar-refractivity contribution in [1.29, 1.82) is 0 Å². The third-order valence-electron chi connectivity index (χ3n) is 1.15. The van der Waals surface area contributed by atoms with Gasteiger partial charge in [0.1, 0.15) is 6.10 Å². The van der Waals surface area contributed by atoms with Gasteiger partial charge in [0.25, 0.3) is 0 Å². The van der Waals surface area contributed by atoms with Crippen molar-refractivity contribution < 1.29 is 19.7 Å². The first kappa shape index (κ1) is 6.47. The summed E-state index contributed by atoms with van der Waals surface area (Å²) in [6.07, 6.45) is -3.83. The predicted molar refractivity (Wildman–Crippen MR) is 26.1 cm³/mol. The summed E-state index contributed by atoms with van der Waals surface area (Å²) in [6.45, 7) is 0. The van der Waals surface area contributed by atoms with E-state index in [4.69, 9.17) is 15.9 Å². The highest BCUT2D eigenvalue weighted by molar-refractivity contribution is 5.77. The lowest BCUT2D eigenvalue weighted by Gasteiger charge is -2.04. The molecular weight excluding hydrogens is 126 g/mol. The second-order valence-corrected chi connectivity index (χ2v) is 1.84. The minimum Gasteiger partial charge on any atom is -0.442 e. The summed E-state index contributed by atoms with van der Waals surface area (Å²) >= 11 is 0. The van der Waals surface area contributed by atoms with E-state index in [1.165, 1.54) is 0 Å². The van der Waals surface area contributed by atoms with E-state index in [-0.39, 0.29) is 0 Å². The summed E-state index contributed by atoms with van der Waals surface area (Å²) in [5.74, 6) is -0.866. The summed E-state index contributed by atoms with van der Waals surface area (Å²) in [6, 6.07) is 0. The maximum absolute atomic E-state index is 10.3. The average molecular weight is 133 g/mol. The molecule has 3 unspecified atom stereocenters. The normalized spacial score (nSPS) is 43.0. The zero-order valence-corrected chi connectivity index (χ0v) is 4.52. The van der Waals surface area contributed by atoms with Crippen LogP contribution in [-0.4, -0.2) is 34.6 Å². The zero-order chi connectivity index (χ0) is 7.02. The van der Waals surface area contributed by atoms with E-state index < -0.39 is 24.4 Å². The SMILES string of the molecule is NC1OC(=O)C(O)C1O. The van der Waals surface area contributed by atoms with Gasteiger partial charge in [-0.1, -0.05) is 0 Å². The number of aliphatic hydroxyl groups excluding tert-OH is 2. The first-order valence-electron chi connectivity index (χ1n) is 2.45. The van der Waals surface area contributed by atoms with Crippen molar-refractivity contribution in [2.75, 3.05) is 0 Å². The van der Waals surface area contributed by atoms with Gasteiger partial charge in [0.15, 0.2) is 12.3 Å². The standard InChI is InChI=1S/C4H7NO4/c5-3-1(6)2(7)4(8)9-3/h1-3,6-7H,5H2. The molecule has 0 amide bonds. The molecule has 1 rings (SSSR count). The van der Waals surface area contributed by atoms with Gasteiger partial charge in [-0.3, -0.25) is 5.73 Å². The molecule has 0 aromatic heterocycles. The van der Waals surface area contributed by atoms with Crippen molar-refractivity contribution in [2.45, 2.75) is 18.4 Å². The number of nitrogens with two attached hydrogens (primary N) is 1. The number of rotatable bonds is 0. The molecule has 52 valence electrons. The van der Waals surface area contributed by atoms with Gasteiger partial charge in [0, 0.05) is 0 Å². The molecule has 1 saturated heterocycles. The molecule has 5 heteroatoms. The van der Waals surface area contributed by atoms with Crippen LogP contribution in [0.1, 0.15) is 0 Å². The summed E-state index contributed by atoms with van der Waals surface area (Å²) in [5, 5.41) is 17.3. The van der Waals surface area contributed by atoms with E-state index >= 15 is 0 Å². The van der Waals surface area contributed by atoms with Crippen LogP contribution in [0.15, 0.2) is 0 Å². The Morgan fingerprint density at radius 1 is 1.56 bits per heavy atom. The third kappa shape index (κ3) is 0.893. The quantitative estimate of drug-likeness (QED) is 0.319. The number of carbonyl (C=O) groups is 1. The Bertz CT molecular complexity index is 137. The molecule has 0 aromatic rings. The number of carbonyl (C=O) groups excluding carboxylic acids is 1. The fourth-order valence-corrected chi connectivity index (χ4v) is 0.593. The molecule has 3 atom stereocenters. The topological polar surface area (TPSA) is 92.8 Å². The fraction of sp³-hybridized carbons (Fsp3) is 0.750. The van der Waals surface area contributed by atoms with Gasteiger partial charge >= 0.3 is 5.97 Å². The minimum absolute atomic E-state index is 0.866. The van der Waals surface area contributed by atoms with Crippen LogP contribution in [0, 0.1) is 0 Å². The highest BCUT2D eigenvalue weighted by atomic mass is 16.6. The Morgan fingerprint density at radius 2 is 2.11 bits per heavy atom. The Labute approximate surface area is 51.0 Å². The maximum atomic E-state index is 10.3. The van der Waals surface area contributed by atoms with Crippen LogP contribution in [0.2, 0.25) is 0 Å². The largest absolute Gasteiger partial charge is 0.442 e. The van der Waals surface area contributed by atoms with Crippen molar-refractivity contribution in [3.05, 3.63) is 0 Å². The van der Waals surface area contributed by atoms with Crippen molar-refractivity contribution in [3.63, 3.8) is 0 Å². The molecule has 0 radical (unpaired) electrons. The number of aliphatic hydroxyl groups is 2. The number of hydrogen-bond donors (Lipinski definition) is 3. The molecule has 1 fully saturated rings. The Kier molecular flexibility index (Phi) is 1.40. The van der Waals surface area contributed by atoms with Crippen LogP contribution in [0.3, 0.4) is 0 Å². The van der Waals surface area contributed by atoms with E-state index in [1.807, 2.05) is 0 Å². The number of hydrogen-bond acceptors (Lipinski definition) is 5. The second-order valence-electron chi connectivity index (χ2n) is 1.84. The molecule has 5 nitrogen and oxygen atoms in total. The fourth-order valence-electron chi connectivity index (χ4n) is 0.593. The van der Waals surface area contributed by atoms with E-state index in [1.54, 1.807) is 0 Å². The summed E-state index contributed by atoms with van der Waals surface area (Å²) in [5.41, 5.74) is 5.01. The molecule has 0 saturated carbocycles. The lowest BCUT2D eigenvalue weighted by molar-refractivity contribution is -0.147. The van der Waals surface area contributed by atoms with Gasteiger partial charge in [-0.25, -0.2) is 4.79 Å². The third-order valence-corrected chi connectivity index (χ3v) is 1.15. The first-order valence-corrected chi connectivity index (χ1v) is 2.45. The smallest absolute Gasteiger partial charge is 0.339 e.